The summed E-state index contributed by atoms with van der Waals surface area (Å²) in [6.45, 7) is 0.208. The molecule has 0 fully saturated rings. The van der Waals surface area contributed by atoms with Crippen LogP contribution >= 0.6 is 23.2 Å². The molecule has 21 heavy (non-hydrogen) atoms. The second-order valence-electron chi connectivity index (χ2n) is 4.29. The maximum Gasteiger partial charge on any atom is 0.266 e. The van der Waals surface area contributed by atoms with Crippen molar-refractivity contribution in [1.29, 1.82) is 0 Å². The van der Waals surface area contributed by atoms with Crippen LogP contribution in [0.15, 0.2) is 46.2 Å². The second kappa shape index (κ2) is 6.62. The van der Waals surface area contributed by atoms with Crippen molar-refractivity contribution in [1.82, 2.24) is 9.71 Å². The molecule has 1 aromatic carbocycles. The fourth-order valence-corrected chi connectivity index (χ4v) is 3.17. The van der Waals surface area contributed by atoms with E-state index in [1.807, 2.05) is 6.07 Å². The predicted molar refractivity (Wildman–Crippen MR) is 82.4 cm³/mol. The van der Waals surface area contributed by atoms with E-state index in [4.69, 9.17) is 23.2 Å². The lowest BCUT2D eigenvalue weighted by atomic mass is 10.2. The van der Waals surface area contributed by atoms with Crippen molar-refractivity contribution in [2.75, 3.05) is 6.54 Å². The number of nitrogens with one attached hydrogen (secondary N) is 2. The summed E-state index contributed by atoms with van der Waals surface area (Å²) in [6, 6.07) is 8.29. The molecule has 0 aliphatic rings. The Morgan fingerprint density at radius 3 is 2.62 bits per heavy atom. The SMILES string of the molecule is O=c1[nH]cc(S(=O)(=O)NCCc2cccc(Cl)c2)cc1Cl. The van der Waals surface area contributed by atoms with Crippen LogP contribution < -0.4 is 10.3 Å². The first kappa shape index (κ1) is 16.0. The summed E-state index contributed by atoms with van der Waals surface area (Å²) in [5, 5.41) is 0.426. The largest absolute Gasteiger partial charge is 0.326 e. The van der Waals surface area contributed by atoms with Crippen LogP contribution in [0, 0.1) is 0 Å². The molecule has 0 bridgehead atoms. The van der Waals surface area contributed by atoms with Gasteiger partial charge in [0.1, 0.15) is 5.02 Å². The Balaban J connectivity index is 2.04. The maximum absolute atomic E-state index is 12.0. The van der Waals surface area contributed by atoms with E-state index in [1.165, 1.54) is 0 Å². The van der Waals surface area contributed by atoms with Crippen molar-refractivity contribution in [2.45, 2.75) is 11.3 Å². The van der Waals surface area contributed by atoms with Gasteiger partial charge in [-0.25, -0.2) is 13.1 Å². The molecule has 0 saturated heterocycles. The first-order valence-electron chi connectivity index (χ1n) is 6.01. The molecule has 0 radical (unpaired) electrons. The third-order valence-corrected chi connectivity index (χ3v) is 4.69. The van der Waals surface area contributed by atoms with Crippen LogP contribution in [0.3, 0.4) is 0 Å². The lowest BCUT2D eigenvalue weighted by Gasteiger charge is -2.07. The number of aromatic amines is 1. The van der Waals surface area contributed by atoms with E-state index >= 15 is 0 Å². The summed E-state index contributed by atoms with van der Waals surface area (Å²) >= 11 is 11.5. The van der Waals surface area contributed by atoms with Gasteiger partial charge in [0.05, 0.1) is 4.90 Å². The summed E-state index contributed by atoms with van der Waals surface area (Å²) in [6.07, 6.45) is 1.60. The minimum Gasteiger partial charge on any atom is -0.326 e. The van der Waals surface area contributed by atoms with Gasteiger partial charge in [0.15, 0.2) is 0 Å². The van der Waals surface area contributed by atoms with E-state index in [0.29, 0.717) is 11.4 Å². The number of halogens is 2. The van der Waals surface area contributed by atoms with E-state index in [2.05, 4.69) is 9.71 Å². The average molecular weight is 347 g/mol. The molecule has 1 aromatic heterocycles. The molecule has 2 rings (SSSR count). The zero-order valence-corrected chi connectivity index (χ0v) is 13.1. The molecule has 2 N–H and O–H groups in total. The van der Waals surface area contributed by atoms with Crippen LogP contribution in [0.1, 0.15) is 5.56 Å². The molecule has 0 amide bonds. The number of hydrogen-bond acceptors (Lipinski definition) is 3. The molecular formula is C13H12Cl2N2O3S. The maximum atomic E-state index is 12.0. The van der Waals surface area contributed by atoms with Gasteiger partial charge in [0, 0.05) is 17.8 Å². The quantitative estimate of drug-likeness (QED) is 0.870. The Hall–Kier alpha value is -1.34. The number of sulfonamides is 1. The first-order chi connectivity index (χ1) is 9.88. The highest BCUT2D eigenvalue weighted by molar-refractivity contribution is 7.89. The lowest BCUT2D eigenvalue weighted by molar-refractivity contribution is 0.581. The van der Waals surface area contributed by atoms with Gasteiger partial charge in [-0.2, -0.15) is 0 Å². The molecule has 1 heterocycles. The highest BCUT2D eigenvalue weighted by Gasteiger charge is 2.15. The van der Waals surface area contributed by atoms with Crippen LogP contribution in [0.2, 0.25) is 10.0 Å². The smallest absolute Gasteiger partial charge is 0.266 e. The predicted octanol–water partition coefficient (Wildman–Crippen LogP) is 2.20. The molecule has 0 spiro atoms. The first-order valence-corrected chi connectivity index (χ1v) is 8.25. The third kappa shape index (κ3) is 4.31. The summed E-state index contributed by atoms with van der Waals surface area (Å²) in [5.41, 5.74) is 0.388. The lowest BCUT2D eigenvalue weighted by Crippen LogP contribution is -2.26. The van der Waals surface area contributed by atoms with Crippen LogP contribution in [-0.2, 0) is 16.4 Å². The number of hydrogen-bond donors (Lipinski definition) is 2. The fourth-order valence-electron chi connectivity index (χ4n) is 1.70. The molecule has 2 aromatic rings. The molecule has 0 aliphatic heterocycles. The van der Waals surface area contributed by atoms with Crippen molar-refractivity contribution in [3.63, 3.8) is 0 Å². The monoisotopic (exact) mass is 346 g/mol. The van der Waals surface area contributed by atoms with Gasteiger partial charge in [-0.05, 0) is 30.2 Å². The Morgan fingerprint density at radius 1 is 1.19 bits per heavy atom. The zero-order valence-electron chi connectivity index (χ0n) is 10.8. The van der Waals surface area contributed by atoms with Crippen molar-refractivity contribution in [3.05, 3.63) is 62.5 Å². The van der Waals surface area contributed by atoms with E-state index in [1.54, 1.807) is 18.2 Å². The van der Waals surface area contributed by atoms with Gasteiger partial charge in [0.25, 0.3) is 5.56 Å². The van der Waals surface area contributed by atoms with Gasteiger partial charge >= 0.3 is 0 Å². The van der Waals surface area contributed by atoms with Gasteiger partial charge in [-0.3, -0.25) is 4.79 Å². The number of pyridine rings is 1. The zero-order chi connectivity index (χ0) is 15.5. The van der Waals surface area contributed by atoms with Crippen LogP contribution in [0.5, 0.6) is 0 Å². The van der Waals surface area contributed by atoms with E-state index in [0.717, 1.165) is 17.8 Å². The normalized spacial score (nSPS) is 11.5. The fraction of sp³-hybridized carbons (Fsp3) is 0.154. The van der Waals surface area contributed by atoms with E-state index in [-0.39, 0.29) is 16.5 Å². The summed E-state index contributed by atoms with van der Waals surface area (Å²) in [5.74, 6) is 0. The standard InChI is InChI=1S/C13H12Cl2N2O3S/c14-10-3-1-2-9(6-10)4-5-17-21(19,20)11-7-12(15)13(18)16-8-11/h1-3,6-8,17H,4-5H2,(H,16,18). The van der Waals surface area contributed by atoms with Crippen molar-refractivity contribution in [3.8, 4) is 0 Å². The molecule has 0 atom stereocenters. The second-order valence-corrected chi connectivity index (χ2v) is 6.90. The van der Waals surface area contributed by atoms with Crippen molar-refractivity contribution >= 4 is 33.2 Å². The summed E-state index contributed by atoms with van der Waals surface area (Å²) in [4.78, 5) is 13.3. The summed E-state index contributed by atoms with van der Waals surface area (Å²) in [7, 11) is -3.72. The topological polar surface area (TPSA) is 79.0 Å². The molecule has 0 aliphatic carbocycles. The van der Waals surface area contributed by atoms with Crippen LogP contribution in [0.25, 0.3) is 0 Å². The van der Waals surface area contributed by atoms with Gasteiger partial charge < -0.3 is 4.98 Å². The molecule has 0 unspecified atom stereocenters. The van der Waals surface area contributed by atoms with Gasteiger partial charge in [0.2, 0.25) is 10.0 Å². The molecular weight excluding hydrogens is 335 g/mol. The highest BCUT2D eigenvalue weighted by atomic mass is 35.5. The number of H-pyrrole nitrogens is 1. The molecule has 0 saturated carbocycles. The summed E-state index contributed by atoms with van der Waals surface area (Å²) < 4.78 is 26.5. The minimum absolute atomic E-state index is 0.0850. The molecule has 5 nitrogen and oxygen atoms in total. The number of benzene rings is 1. The van der Waals surface area contributed by atoms with Crippen molar-refractivity contribution < 1.29 is 8.42 Å². The Morgan fingerprint density at radius 2 is 1.95 bits per heavy atom. The van der Waals surface area contributed by atoms with Crippen LogP contribution in [0.4, 0.5) is 0 Å². The minimum atomic E-state index is -3.72. The van der Waals surface area contributed by atoms with E-state index in [9.17, 15) is 13.2 Å². The third-order valence-electron chi connectivity index (χ3n) is 2.74. The highest BCUT2D eigenvalue weighted by Crippen LogP contribution is 2.12. The number of rotatable bonds is 5. The van der Waals surface area contributed by atoms with Gasteiger partial charge in [-0.15, -0.1) is 0 Å². The average Bonchev–Trinajstić information content (AvgIpc) is 2.41. The van der Waals surface area contributed by atoms with Crippen LogP contribution in [-0.4, -0.2) is 19.9 Å². The Labute approximate surface area is 132 Å². The molecule has 112 valence electrons. The van der Waals surface area contributed by atoms with E-state index < -0.39 is 15.6 Å². The number of aromatic nitrogens is 1. The molecule has 8 heteroatoms. The van der Waals surface area contributed by atoms with Gasteiger partial charge in [-0.1, -0.05) is 35.3 Å². The Bertz CT molecular complexity index is 803. The van der Waals surface area contributed by atoms with Crippen molar-refractivity contribution in [2.24, 2.45) is 0 Å². The Kier molecular flexibility index (Phi) is 5.05.